The van der Waals surface area contributed by atoms with Gasteiger partial charge in [-0.25, -0.2) is 0 Å². The molecule has 0 radical (unpaired) electrons. The highest BCUT2D eigenvalue weighted by Gasteiger charge is 2.51. The highest BCUT2D eigenvalue weighted by molar-refractivity contribution is 6.10. The van der Waals surface area contributed by atoms with E-state index in [1.807, 2.05) is 37.3 Å². The van der Waals surface area contributed by atoms with E-state index in [9.17, 15) is 18.0 Å². The molecule has 0 aromatic heterocycles. The van der Waals surface area contributed by atoms with Crippen molar-refractivity contribution in [3.05, 3.63) is 71.3 Å². The molecule has 0 saturated carbocycles. The third-order valence-electron chi connectivity index (χ3n) is 5.69. The Morgan fingerprint density at radius 1 is 1.13 bits per heavy atom. The molecule has 1 amide bonds. The summed E-state index contributed by atoms with van der Waals surface area (Å²) in [7, 11) is 0. The van der Waals surface area contributed by atoms with Crippen LogP contribution in [0.3, 0.4) is 0 Å². The zero-order chi connectivity index (χ0) is 21.4. The molecule has 3 N–H and O–H groups in total. The fourth-order valence-corrected chi connectivity index (χ4v) is 4.03. The van der Waals surface area contributed by atoms with Gasteiger partial charge in [-0.3, -0.25) is 15.1 Å². The molecule has 2 aromatic carbocycles. The topological polar surface area (TPSA) is 62.4 Å². The Kier molecular flexibility index (Phi) is 5.29. The van der Waals surface area contributed by atoms with Gasteiger partial charge in [-0.15, -0.1) is 0 Å². The van der Waals surface area contributed by atoms with E-state index in [2.05, 4.69) is 16.1 Å². The number of carbonyl (C=O) groups is 1. The minimum absolute atomic E-state index is 0.00770. The largest absolute Gasteiger partial charge is 0.416 e. The summed E-state index contributed by atoms with van der Waals surface area (Å²) in [6, 6.07) is 13.8. The van der Waals surface area contributed by atoms with Crippen LogP contribution in [0.2, 0.25) is 0 Å². The predicted molar refractivity (Wildman–Crippen MR) is 107 cm³/mol. The SMILES string of the molecule is CC1CNCCC12ONC(c1ccccc1)=C2C(=O)Nc1ccc(C(F)(F)F)cc1. The summed E-state index contributed by atoms with van der Waals surface area (Å²) in [5.41, 5.74) is 3.49. The number of carbonyl (C=O) groups excluding carboxylic acids is 1. The van der Waals surface area contributed by atoms with Gasteiger partial charge in [0.2, 0.25) is 0 Å². The standard InChI is InChI=1S/C22H22F3N3O2/c1-14-13-26-12-11-21(14)18(19(28-30-21)15-5-3-2-4-6-15)20(29)27-17-9-7-16(8-10-17)22(23,24)25/h2-10,14,26,28H,11-13H2,1H3,(H,27,29). The minimum Gasteiger partial charge on any atom is -0.322 e. The van der Waals surface area contributed by atoms with Gasteiger partial charge in [-0.2, -0.15) is 13.2 Å². The molecule has 2 aliphatic rings. The quantitative estimate of drug-likeness (QED) is 0.708. The Morgan fingerprint density at radius 3 is 2.47 bits per heavy atom. The third kappa shape index (κ3) is 3.68. The number of rotatable bonds is 3. The molecule has 4 rings (SSSR count). The molecule has 1 spiro atoms. The smallest absolute Gasteiger partial charge is 0.322 e. The molecule has 1 saturated heterocycles. The number of nitrogens with one attached hydrogen (secondary N) is 3. The number of halogens is 3. The fourth-order valence-electron chi connectivity index (χ4n) is 4.03. The van der Waals surface area contributed by atoms with E-state index in [0.717, 1.165) is 17.7 Å². The predicted octanol–water partition coefficient (Wildman–Crippen LogP) is 3.96. The Balaban J connectivity index is 1.70. The van der Waals surface area contributed by atoms with Crippen molar-refractivity contribution in [3.63, 3.8) is 0 Å². The number of piperidine rings is 1. The van der Waals surface area contributed by atoms with Crippen LogP contribution >= 0.6 is 0 Å². The summed E-state index contributed by atoms with van der Waals surface area (Å²) < 4.78 is 38.5. The van der Waals surface area contributed by atoms with Gasteiger partial charge < -0.3 is 10.6 Å². The molecule has 0 aliphatic carbocycles. The lowest BCUT2D eigenvalue weighted by molar-refractivity contribution is -0.137. The lowest BCUT2D eigenvalue weighted by Gasteiger charge is -2.39. The average Bonchev–Trinajstić information content (AvgIpc) is 3.11. The molecule has 2 aliphatic heterocycles. The van der Waals surface area contributed by atoms with Crippen molar-refractivity contribution in [1.82, 2.24) is 10.8 Å². The van der Waals surface area contributed by atoms with E-state index in [1.165, 1.54) is 12.1 Å². The van der Waals surface area contributed by atoms with Gasteiger partial charge in [0.25, 0.3) is 5.91 Å². The number of amides is 1. The summed E-state index contributed by atoms with van der Waals surface area (Å²) in [4.78, 5) is 19.4. The summed E-state index contributed by atoms with van der Waals surface area (Å²) in [5, 5.41) is 6.05. The zero-order valence-corrected chi connectivity index (χ0v) is 16.3. The zero-order valence-electron chi connectivity index (χ0n) is 16.3. The second kappa shape index (κ2) is 7.77. The second-order valence-corrected chi connectivity index (χ2v) is 7.59. The van der Waals surface area contributed by atoms with Gasteiger partial charge in [-0.1, -0.05) is 37.3 Å². The first-order chi connectivity index (χ1) is 14.3. The van der Waals surface area contributed by atoms with Crippen molar-refractivity contribution in [1.29, 1.82) is 0 Å². The number of hydrogen-bond acceptors (Lipinski definition) is 4. The van der Waals surface area contributed by atoms with E-state index in [1.54, 1.807) is 0 Å². The molecule has 1 fully saturated rings. The van der Waals surface area contributed by atoms with Gasteiger partial charge in [0.1, 0.15) is 5.60 Å². The Morgan fingerprint density at radius 2 is 1.83 bits per heavy atom. The van der Waals surface area contributed by atoms with E-state index < -0.39 is 23.2 Å². The second-order valence-electron chi connectivity index (χ2n) is 7.59. The Labute approximate surface area is 172 Å². The lowest BCUT2D eigenvalue weighted by atomic mass is 9.76. The van der Waals surface area contributed by atoms with Gasteiger partial charge in [0.15, 0.2) is 0 Å². The van der Waals surface area contributed by atoms with Crippen molar-refractivity contribution in [2.24, 2.45) is 5.92 Å². The van der Waals surface area contributed by atoms with Crippen LogP contribution in [0.1, 0.15) is 24.5 Å². The highest BCUT2D eigenvalue weighted by atomic mass is 19.4. The summed E-state index contributed by atoms with van der Waals surface area (Å²) in [6.45, 7) is 3.37. The fraction of sp³-hybridized carbons (Fsp3) is 0.318. The monoisotopic (exact) mass is 417 g/mol. The van der Waals surface area contributed by atoms with Crippen molar-refractivity contribution in [2.45, 2.75) is 25.1 Å². The number of anilines is 1. The van der Waals surface area contributed by atoms with Gasteiger partial charge in [-0.05, 0) is 37.2 Å². The van der Waals surface area contributed by atoms with Crippen LogP contribution in [0.5, 0.6) is 0 Å². The maximum atomic E-state index is 13.4. The van der Waals surface area contributed by atoms with Crippen molar-refractivity contribution < 1.29 is 22.8 Å². The van der Waals surface area contributed by atoms with Gasteiger partial charge >= 0.3 is 6.18 Å². The van der Waals surface area contributed by atoms with Gasteiger partial charge in [0, 0.05) is 23.7 Å². The maximum absolute atomic E-state index is 13.4. The molecule has 0 bridgehead atoms. The van der Waals surface area contributed by atoms with Gasteiger partial charge in [0.05, 0.1) is 16.8 Å². The first kappa shape index (κ1) is 20.4. The number of benzene rings is 2. The first-order valence-corrected chi connectivity index (χ1v) is 9.75. The van der Waals surface area contributed by atoms with Crippen LogP contribution in [0, 0.1) is 5.92 Å². The van der Waals surface area contributed by atoms with Crippen molar-refractivity contribution in [3.8, 4) is 0 Å². The van der Waals surface area contributed by atoms with Crippen LogP contribution in [0.25, 0.3) is 5.70 Å². The van der Waals surface area contributed by atoms with E-state index >= 15 is 0 Å². The molecule has 5 nitrogen and oxygen atoms in total. The average molecular weight is 417 g/mol. The molecular weight excluding hydrogens is 395 g/mol. The summed E-state index contributed by atoms with van der Waals surface area (Å²) >= 11 is 0. The van der Waals surface area contributed by atoms with Crippen molar-refractivity contribution in [2.75, 3.05) is 18.4 Å². The van der Waals surface area contributed by atoms with Crippen LogP contribution < -0.4 is 16.1 Å². The molecule has 2 heterocycles. The van der Waals surface area contributed by atoms with Crippen LogP contribution in [0.15, 0.2) is 60.2 Å². The molecular formula is C22H22F3N3O2. The highest BCUT2D eigenvalue weighted by Crippen LogP contribution is 2.43. The summed E-state index contributed by atoms with van der Waals surface area (Å²) in [6.07, 6.45) is -3.84. The summed E-state index contributed by atoms with van der Waals surface area (Å²) in [5.74, 6) is -0.388. The first-order valence-electron chi connectivity index (χ1n) is 9.75. The number of alkyl halides is 3. The molecule has 2 unspecified atom stereocenters. The lowest BCUT2D eigenvalue weighted by Crippen LogP contribution is -2.52. The third-order valence-corrected chi connectivity index (χ3v) is 5.69. The number of hydrogen-bond donors (Lipinski definition) is 3. The number of hydroxylamine groups is 1. The normalized spacial score (nSPS) is 24.1. The molecule has 2 aromatic rings. The molecule has 30 heavy (non-hydrogen) atoms. The molecule has 8 heteroatoms. The molecule has 2 atom stereocenters. The van der Waals surface area contributed by atoms with Crippen LogP contribution in [0.4, 0.5) is 18.9 Å². The van der Waals surface area contributed by atoms with E-state index in [4.69, 9.17) is 4.84 Å². The van der Waals surface area contributed by atoms with Crippen molar-refractivity contribution >= 4 is 17.3 Å². The van der Waals surface area contributed by atoms with E-state index in [0.29, 0.717) is 30.8 Å². The van der Waals surface area contributed by atoms with E-state index in [-0.39, 0.29) is 11.6 Å². The van der Waals surface area contributed by atoms with Crippen LogP contribution in [-0.4, -0.2) is 24.6 Å². The minimum atomic E-state index is -4.43. The Bertz CT molecular complexity index is 958. The maximum Gasteiger partial charge on any atom is 0.416 e. The molecule has 158 valence electrons. The Hall–Kier alpha value is -2.84. The van der Waals surface area contributed by atoms with Crippen LogP contribution in [-0.2, 0) is 15.8 Å².